The summed E-state index contributed by atoms with van der Waals surface area (Å²) in [5.41, 5.74) is 4.96. The number of methoxy groups -OCH3 is 1. The molecule has 1 amide bonds. The van der Waals surface area contributed by atoms with Gasteiger partial charge in [0.25, 0.3) is 5.91 Å². The molecule has 0 bridgehead atoms. The number of nitro groups is 1. The van der Waals surface area contributed by atoms with Crippen LogP contribution in [0.5, 0.6) is 0 Å². The number of nitrogen functional groups attached to an aromatic ring is 1. The summed E-state index contributed by atoms with van der Waals surface area (Å²) < 4.78 is 4.87. The SMILES string of the molecule is COCCN(CCO)C(=O)c1cccc(N)c1[N+](=O)[O-]. The number of nitrogens with two attached hydrogens (primary N) is 1. The van der Waals surface area contributed by atoms with Crippen LogP contribution in [-0.4, -0.2) is 54.3 Å². The Morgan fingerprint density at radius 1 is 1.50 bits per heavy atom. The summed E-state index contributed by atoms with van der Waals surface area (Å²) >= 11 is 0. The molecule has 0 aliphatic carbocycles. The van der Waals surface area contributed by atoms with Crippen molar-refractivity contribution in [3.63, 3.8) is 0 Å². The predicted molar refractivity (Wildman–Crippen MR) is 72.4 cm³/mol. The van der Waals surface area contributed by atoms with Crippen LogP contribution in [0.15, 0.2) is 18.2 Å². The largest absolute Gasteiger partial charge is 0.395 e. The van der Waals surface area contributed by atoms with Crippen molar-refractivity contribution in [1.29, 1.82) is 0 Å². The van der Waals surface area contributed by atoms with Crippen LogP contribution in [0.3, 0.4) is 0 Å². The lowest BCUT2D eigenvalue weighted by molar-refractivity contribution is -0.384. The second kappa shape index (κ2) is 7.41. The zero-order valence-corrected chi connectivity index (χ0v) is 11.1. The summed E-state index contributed by atoms with van der Waals surface area (Å²) in [6.07, 6.45) is 0. The lowest BCUT2D eigenvalue weighted by atomic mass is 10.1. The third kappa shape index (κ3) is 3.65. The van der Waals surface area contributed by atoms with Gasteiger partial charge in [0.15, 0.2) is 0 Å². The van der Waals surface area contributed by atoms with E-state index in [4.69, 9.17) is 15.6 Å². The van der Waals surface area contributed by atoms with E-state index in [-0.39, 0.29) is 37.6 Å². The molecule has 8 nitrogen and oxygen atoms in total. The number of ether oxygens (including phenoxy) is 1. The van der Waals surface area contributed by atoms with Gasteiger partial charge in [0.2, 0.25) is 0 Å². The van der Waals surface area contributed by atoms with Crippen LogP contribution in [0.2, 0.25) is 0 Å². The molecule has 0 spiro atoms. The summed E-state index contributed by atoms with van der Waals surface area (Å²) in [4.78, 5) is 23.9. The number of aliphatic hydroxyl groups excluding tert-OH is 1. The number of benzene rings is 1. The molecule has 0 aromatic heterocycles. The number of carbonyl (C=O) groups excluding carboxylic acids is 1. The van der Waals surface area contributed by atoms with Crippen molar-refractivity contribution < 1.29 is 19.6 Å². The van der Waals surface area contributed by atoms with Crippen molar-refractivity contribution in [1.82, 2.24) is 4.90 Å². The summed E-state index contributed by atoms with van der Waals surface area (Å²) in [6, 6.07) is 4.18. The fraction of sp³-hybridized carbons (Fsp3) is 0.417. The van der Waals surface area contributed by atoms with Crippen LogP contribution in [-0.2, 0) is 4.74 Å². The Bertz CT molecular complexity index is 492. The van der Waals surface area contributed by atoms with Crippen molar-refractivity contribution in [2.75, 3.05) is 39.1 Å². The van der Waals surface area contributed by atoms with E-state index in [0.717, 1.165) is 0 Å². The number of nitrogens with zero attached hydrogens (tertiary/aromatic N) is 2. The standard InChI is InChI=1S/C12H17N3O5/c1-20-8-6-14(5-7-16)12(17)9-3-2-4-10(13)11(9)15(18)19/h2-4,16H,5-8,13H2,1H3. The molecule has 0 radical (unpaired) electrons. The van der Waals surface area contributed by atoms with Crippen LogP contribution in [0.4, 0.5) is 11.4 Å². The first-order chi connectivity index (χ1) is 9.52. The van der Waals surface area contributed by atoms with Gasteiger partial charge in [-0.1, -0.05) is 6.07 Å². The molecule has 0 atom stereocenters. The van der Waals surface area contributed by atoms with Gasteiger partial charge in [0, 0.05) is 20.2 Å². The highest BCUT2D eigenvalue weighted by atomic mass is 16.6. The van der Waals surface area contributed by atoms with Crippen molar-refractivity contribution in [3.05, 3.63) is 33.9 Å². The number of hydrogen-bond acceptors (Lipinski definition) is 6. The summed E-state index contributed by atoms with van der Waals surface area (Å²) in [6.45, 7) is 0.309. The van der Waals surface area contributed by atoms with Crippen molar-refractivity contribution in [2.24, 2.45) is 0 Å². The van der Waals surface area contributed by atoms with E-state index >= 15 is 0 Å². The second-order valence-electron chi connectivity index (χ2n) is 4.01. The Morgan fingerprint density at radius 3 is 2.75 bits per heavy atom. The molecule has 1 aromatic rings. The van der Waals surface area contributed by atoms with Crippen LogP contribution in [0.1, 0.15) is 10.4 Å². The topological polar surface area (TPSA) is 119 Å². The molecule has 0 aliphatic heterocycles. The van der Waals surface area contributed by atoms with Gasteiger partial charge < -0.3 is 20.5 Å². The van der Waals surface area contributed by atoms with Gasteiger partial charge >= 0.3 is 5.69 Å². The summed E-state index contributed by atoms with van der Waals surface area (Å²) in [5.74, 6) is -0.560. The van der Waals surface area contributed by atoms with E-state index in [1.807, 2.05) is 0 Å². The van der Waals surface area contributed by atoms with Crippen LogP contribution in [0, 0.1) is 10.1 Å². The number of anilines is 1. The highest BCUT2D eigenvalue weighted by Crippen LogP contribution is 2.26. The quantitative estimate of drug-likeness (QED) is 0.421. The van der Waals surface area contributed by atoms with Gasteiger partial charge in [0.1, 0.15) is 11.3 Å². The van der Waals surface area contributed by atoms with Gasteiger partial charge in [-0.25, -0.2) is 0 Å². The fourth-order valence-electron chi connectivity index (χ4n) is 1.75. The predicted octanol–water partition coefficient (Wildman–Crippen LogP) is 0.258. The molecule has 110 valence electrons. The van der Waals surface area contributed by atoms with Gasteiger partial charge in [-0.3, -0.25) is 14.9 Å². The monoisotopic (exact) mass is 283 g/mol. The zero-order valence-electron chi connectivity index (χ0n) is 11.1. The maximum Gasteiger partial charge on any atom is 0.304 e. The van der Waals surface area contributed by atoms with E-state index in [1.54, 1.807) is 0 Å². The number of para-hydroxylation sites is 1. The first kappa shape index (κ1) is 15.9. The number of hydrogen-bond donors (Lipinski definition) is 2. The molecule has 8 heteroatoms. The van der Waals surface area contributed by atoms with E-state index < -0.39 is 16.5 Å². The van der Waals surface area contributed by atoms with Crippen LogP contribution < -0.4 is 5.73 Å². The number of carbonyl (C=O) groups is 1. The molecule has 20 heavy (non-hydrogen) atoms. The lowest BCUT2D eigenvalue weighted by Crippen LogP contribution is -2.36. The molecule has 0 fully saturated rings. The van der Waals surface area contributed by atoms with Crippen LogP contribution >= 0.6 is 0 Å². The van der Waals surface area contributed by atoms with E-state index in [2.05, 4.69) is 0 Å². The highest BCUT2D eigenvalue weighted by molar-refractivity contribution is 6.00. The van der Waals surface area contributed by atoms with Crippen molar-refractivity contribution in [3.8, 4) is 0 Å². The number of nitro benzene ring substituents is 1. The van der Waals surface area contributed by atoms with Gasteiger partial charge in [0.05, 0.1) is 18.1 Å². The van der Waals surface area contributed by atoms with E-state index in [1.165, 1.54) is 30.2 Å². The number of aliphatic hydroxyl groups is 1. The Balaban J connectivity index is 3.11. The Kier molecular flexibility index (Phi) is 5.88. The Morgan fingerprint density at radius 2 is 2.20 bits per heavy atom. The summed E-state index contributed by atoms with van der Waals surface area (Å²) in [5, 5.41) is 20.0. The van der Waals surface area contributed by atoms with E-state index in [0.29, 0.717) is 0 Å². The number of amides is 1. The first-order valence-electron chi connectivity index (χ1n) is 5.94. The molecule has 1 aromatic carbocycles. The maximum atomic E-state index is 12.3. The molecule has 0 saturated heterocycles. The second-order valence-corrected chi connectivity index (χ2v) is 4.01. The summed E-state index contributed by atoms with van der Waals surface area (Å²) in [7, 11) is 1.48. The highest BCUT2D eigenvalue weighted by Gasteiger charge is 2.26. The van der Waals surface area contributed by atoms with Crippen molar-refractivity contribution >= 4 is 17.3 Å². The third-order valence-electron chi connectivity index (χ3n) is 2.70. The molecule has 0 aliphatic rings. The molecule has 1 rings (SSSR count). The lowest BCUT2D eigenvalue weighted by Gasteiger charge is -2.21. The smallest absolute Gasteiger partial charge is 0.304 e. The Labute approximate surface area is 115 Å². The fourth-order valence-corrected chi connectivity index (χ4v) is 1.75. The minimum atomic E-state index is -0.685. The average Bonchev–Trinajstić information content (AvgIpc) is 2.42. The normalized spacial score (nSPS) is 10.3. The zero-order chi connectivity index (χ0) is 15.1. The minimum absolute atomic E-state index is 0.0636. The number of rotatable bonds is 7. The Hall–Kier alpha value is -2.19. The molecule has 3 N–H and O–H groups in total. The molecule has 0 saturated carbocycles. The van der Waals surface area contributed by atoms with Crippen LogP contribution in [0.25, 0.3) is 0 Å². The molecule has 0 unspecified atom stereocenters. The van der Waals surface area contributed by atoms with Gasteiger partial charge in [-0.2, -0.15) is 0 Å². The van der Waals surface area contributed by atoms with Gasteiger partial charge in [-0.15, -0.1) is 0 Å². The minimum Gasteiger partial charge on any atom is -0.395 e. The van der Waals surface area contributed by atoms with E-state index in [9.17, 15) is 14.9 Å². The first-order valence-corrected chi connectivity index (χ1v) is 5.94. The molecular formula is C12H17N3O5. The molecular weight excluding hydrogens is 266 g/mol. The maximum absolute atomic E-state index is 12.3. The average molecular weight is 283 g/mol. The van der Waals surface area contributed by atoms with Crippen molar-refractivity contribution in [2.45, 2.75) is 0 Å². The third-order valence-corrected chi connectivity index (χ3v) is 2.70. The van der Waals surface area contributed by atoms with Gasteiger partial charge in [-0.05, 0) is 12.1 Å². The molecule has 0 heterocycles.